The largest absolute Gasteiger partial charge is 0.441 e. The van der Waals surface area contributed by atoms with Crippen LogP contribution in [0.5, 0.6) is 0 Å². The maximum atomic E-state index is 13.2. The minimum atomic E-state index is -4.21. The van der Waals surface area contributed by atoms with E-state index in [1.54, 1.807) is 30.3 Å². The predicted molar refractivity (Wildman–Crippen MR) is 186 cm³/mol. The van der Waals surface area contributed by atoms with Gasteiger partial charge in [-0.3, -0.25) is 0 Å². The third-order valence-corrected chi connectivity index (χ3v) is 10.2. The zero-order chi connectivity index (χ0) is 35.2. The summed E-state index contributed by atoms with van der Waals surface area (Å²) >= 11 is 0. The lowest BCUT2D eigenvalue weighted by Crippen LogP contribution is -2.35. The number of unbranched alkanes of at least 4 members (excludes halogenated alkanes) is 4. The number of rotatable bonds is 17. The van der Waals surface area contributed by atoms with Crippen molar-refractivity contribution in [2.45, 2.75) is 101 Å². The first kappa shape index (κ1) is 38.3. The number of carbonyl (C=O) groups is 2. The Hall–Kier alpha value is -4.16. The van der Waals surface area contributed by atoms with Crippen molar-refractivity contribution in [3.05, 3.63) is 102 Å². The summed E-state index contributed by atoms with van der Waals surface area (Å²) in [6.07, 6.45) is 3.11. The van der Waals surface area contributed by atoms with Crippen molar-refractivity contribution < 1.29 is 35.9 Å². The van der Waals surface area contributed by atoms with E-state index in [-0.39, 0.29) is 9.79 Å². The number of aryl methyl sites for hydroxylation is 2. The molecule has 260 valence electrons. The van der Waals surface area contributed by atoms with E-state index in [2.05, 4.69) is 0 Å². The van der Waals surface area contributed by atoms with Gasteiger partial charge in [-0.2, -0.15) is 0 Å². The summed E-state index contributed by atoms with van der Waals surface area (Å²) in [7, 11) is -8.41. The van der Waals surface area contributed by atoms with E-state index in [0.29, 0.717) is 36.8 Å². The molecule has 0 aliphatic carbocycles. The molecule has 10 nitrogen and oxygen atoms in total. The van der Waals surface area contributed by atoms with Crippen molar-refractivity contribution in [1.29, 1.82) is 0 Å². The number of ether oxygens (including phenoxy) is 2. The monoisotopic (exact) mass is 698 g/mol. The zero-order valence-electron chi connectivity index (χ0n) is 28.0. The Bertz CT molecular complexity index is 1720. The Morgan fingerprint density at radius 1 is 0.646 bits per heavy atom. The SMILES string of the molecule is CCCCC[C@@H](/C=C(/c1ccccc1)[C@H](CCCCC)OC(=O)NS(=O)(=O)c1ccc(C)cc1)OC(=O)NS(=O)(=O)c1ccc(C)cc1. The van der Waals surface area contributed by atoms with Crippen LogP contribution < -0.4 is 9.44 Å². The second-order valence-corrected chi connectivity index (χ2v) is 15.0. The van der Waals surface area contributed by atoms with Gasteiger partial charge >= 0.3 is 12.2 Å². The fourth-order valence-electron chi connectivity index (χ4n) is 4.94. The number of hydrogen-bond donors (Lipinski definition) is 2. The van der Waals surface area contributed by atoms with Crippen LogP contribution in [-0.4, -0.2) is 41.2 Å². The number of benzene rings is 3. The average molecular weight is 699 g/mol. The van der Waals surface area contributed by atoms with E-state index in [1.165, 1.54) is 24.3 Å². The first-order chi connectivity index (χ1) is 22.8. The third kappa shape index (κ3) is 12.1. The second kappa shape index (κ2) is 18.4. The lowest BCUT2D eigenvalue weighted by Gasteiger charge is -2.24. The highest BCUT2D eigenvalue weighted by Gasteiger charge is 2.27. The van der Waals surface area contributed by atoms with Gasteiger partial charge in [0, 0.05) is 0 Å². The van der Waals surface area contributed by atoms with Gasteiger partial charge in [-0.05, 0) is 81.0 Å². The van der Waals surface area contributed by atoms with Crippen LogP contribution in [-0.2, 0) is 29.5 Å². The molecule has 2 amide bonds. The second-order valence-electron chi connectivity index (χ2n) is 11.7. The van der Waals surface area contributed by atoms with Crippen LogP contribution in [0.4, 0.5) is 9.59 Å². The maximum Gasteiger partial charge on any atom is 0.421 e. The van der Waals surface area contributed by atoms with Crippen LogP contribution in [0.1, 0.15) is 81.9 Å². The van der Waals surface area contributed by atoms with E-state index < -0.39 is 44.4 Å². The number of sulfonamides is 2. The van der Waals surface area contributed by atoms with Crippen LogP contribution in [0.25, 0.3) is 5.57 Å². The van der Waals surface area contributed by atoms with Crippen molar-refractivity contribution in [1.82, 2.24) is 9.44 Å². The molecule has 0 heterocycles. The predicted octanol–water partition coefficient (Wildman–Crippen LogP) is 7.81. The Kier molecular flexibility index (Phi) is 14.7. The van der Waals surface area contributed by atoms with Gasteiger partial charge < -0.3 is 9.47 Å². The van der Waals surface area contributed by atoms with Crippen LogP contribution in [0, 0.1) is 13.8 Å². The van der Waals surface area contributed by atoms with Crippen molar-refractivity contribution in [2.24, 2.45) is 0 Å². The van der Waals surface area contributed by atoms with E-state index in [9.17, 15) is 26.4 Å². The highest BCUT2D eigenvalue weighted by molar-refractivity contribution is 7.90. The average Bonchev–Trinajstić information content (AvgIpc) is 3.03. The molecule has 3 rings (SSSR count). The summed E-state index contributed by atoms with van der Waals surface area (Å²) in [6, 6.07) is 21.2. The molecule has 0 aromatic heterocycles. The molecule has 0 spiro atoms. The summed E-state index contributed by atoms with van der Waals surface area (Å²) in [5.74, 6) is 0. The number of carbonyl (C=O) groups excluding carboxylic acids is 2. The molecular formula is C36H46N2O8S2. The van der Waals surface area contributed by atoms with Gasteiger partial charge in [-0.15, -0.1) is 0 Å². The fourth-order valence-corrected chi connectivity index (χ4v) is 6.70. The molecule has 0 saturated heterocycles. The van der Waals surface area contributed by atoms with E-state index >= 15 is 0 Å². The summed E-state index contributed by atoms with van der Waals surface area (Å²) in [5, 5.41) is 0. The van der Waals surface area contributed by atoms with Gasteiger partial charge in [0.25, 0.3) is 20.0 Å². The summed E-state index contributed by atoms with van der Waals surface area (Å²) in [6.45, 7) is 7.71. The Morgan fingerprint density at radius 3 is 1.58 bits per heavy atom. The van der Waals surface area contributed by atoms with Gasteiger partial charge in [-0.25, -0.2) is 35.9 Å². The van der Waals surface area contributed by atoms with E-state index in [1.807, 2.05) is 67.5 Å². The zero-order valence-corrected chi connectivity index (χ0v) is 29.6. The molecule has 2 atom stereocenters. The Balaban J connectivity index is 1.95. The molecule has 12 heteroatoms. The molecule has 3 aromatic rings. The van der Waals surface area contributed by atoms with Crippen LogP contribution in [0.3, 0.4) is 0 Å². The summed E-state index contributed by atoms with van der Waals surface area (Å²) in [5.41, 5.74) is 2.90. The quantitative estimate of drug-likeness (QED) is 0.136. The maximum absolute atomic E-state index is 13.2. The molecule has 3 aromatic carbocycles. The molecule has 2 N–H and O–H groups in total. The molecule has 0 fully saturated rings. The normalized spacial score (nSPS) is 13.3. The number of nitrogens with one attached hydrogen (secondary N) is 2. The minimum Gasteiger partial charge on any atom is -0.441 e. The van der Waals surface area contributed by atoms with Crippen molar-refractivity contribution in [3.63, 3.8) is 0 Å². The summed E-state index contributed by atoms with van der Waals surface area (Å²) in [4.78, 5) is 26.0. The smallest absolute Gasteiger partial charge is 0.421 e. The van der Waals surface area contributed by atoms with Gasteiger partial charge in [0.2, 0.25) is 0 Å². The fraction of sp³-hybridized carbons (Fsp3) is 0.389. The van der Waals surface area contributed by atoms with Gasteiger partial charge in [0.15, 0.2) is 0 Å². The van der Waals surface area contributed by atoms with Crippen molar-refractivity contribution in [2.75, 3.05) is 0 Å². The minimum absolute atomic E-state index is 0.0795. The standard InChI is InChI=1S/C36H46N2O8S2/c1-5-7-10-16-30(45-35(39)37-47(41,42)31-22-18-27(3)19-23-31)26-33(29-14-12-9-13-15-29)34(17-11-8-6-2)46-36(40)38-48(43,44)32-24-20-28(4)21-25-32/h9,12-15,18-26,30,34H,5-8,10-11,16-17H2,1-4H3,(H,37,39)(H,38,40)/b33-26-/t30-,34-/m0/s1. The topological polar surface area (TPSA) is 145 Å². The lowest BCUT2D eigenvalue weighted by atomic mass is 9.94. The summed E-state index contributed by atoms with van der Waals surface area (Å²) < 4.78 is 67.3. The number of amides is 2. The molecular weight excluding hydrogens is 653 g/mol. The number of hydrogen-bond acceptors (Lipinski definition) is 8. The van der Waals surface area contributed by atoms with Crippen LogP contribution in [0.2, 0.25) is 0 Å². The molecule has 0 bridgehead atoms. The molecule has 0 saturated carbocycles. The Labute approximate surface area is 285 Å². The van der Waals surface area contributed by atoms with Gasteiger partial charge in [-0.1, -0.05) is 105 Å². The van der Waals surface area contributed by atoms with Crippen molar-refractivity contribution >= 4 is 37.8 Å². The van der Waals surface area contributed by atoms with Gasteiger partial charge in [0.05, 0.1) is 9.79 Å². The lowest BCUT2D eigenvalue weighted by molar-refractivity contribution is 0.114. The molecule has 0 unspecified atom stereocenters. The molecule has 0 aliphatic rings. The van der Waals surface area contributed by atoms with Crippen LogP contribution >= 0.6 is 0 Å². The highest BCUT2D eigenvalue weighted by atomic mass is 32.2. The molecule has 0 radical (unpaired) electrons. The first-order valence-electron chi connectivity index (χ1n) is 16.2. The first-order valence-corrected chi connectivity index (χ1v) is 19.2. The molecule has 48 heavy (non-hydrogen) atoms. The van der Waals surface area contributed by atoms with E-state index in [0.717, 1.165) is 36.8 Å². The molecule has 0 aliphatic heterocycles. The Morgan fingerprint density at radius 2 is 1.10 bits per heavy atom. The van der Waals surface area contributed by atoms with Gasteiger partial charge in [0.1, 0.15) is 12.2 Å². The van der Waals surface area contributed by atoms with E-state index in [4.69, 9.17) is 9.47 Å². The van der Waals surface area contributed by atoms with Crippen LogP contribution in [0.15, 0.2) is 94.7 Å². The third-order valence-electron chi connectivity index (χ3n) is 7.59. The van der Waals surface area contributed by atoms with Crippen molar-refractivity contribution in [3.8, 4) is 0 Å². The highest BCUT2D eigenvalue weighted by Crippen LogP contribution is 2.28.